The Morgan fingerprint density at radius 2 is 1.86 bits per heavy atom. The third kappa shape index (κ3) is 5.39. The number of nitrogens with zero attached hydrogens (tertiary/aromatic N) is 3. The summed E-state index contributed by atoms with van der Waals surface area (Å²) in [7, 11) is 0. The zero-order valence-corrected chi connectivity index (χ0v) is 22.1. The first kappa shape index (κ1) is 25.8. The number of fused-ring (bicyclic) bond motifs is 2. The molecule has 1 unspecified atom stereocenters. The quantitative estimate of drug-likeness (QED) is 0.574. The highest BCUT2D eigenvalue weighted by molar-refractivity contribution is 6.30. The third-order valence-electron chi connectivity index (χ3n) is 7.65. The number of ether oxygens (including phenoxy) is 2. The molecule has 200 valence electrons. The summed E-state index contributed by atoms with van der Waals surface area (Å²) in [5, 5.41) is 11.7. The average molecular weight is 535 g/mol. The van der Waals surface area contributed by atoms with Crippen molar-refractivity contribution in [1.29, 1.82) is 0 Å². The molecular weight excluding hydrogens is 503 g/mol. The van der Waals surface area contributed by atoms with E-state index < -0.39 is 11.4 Å². The van der Waals surface area contributed by atoms with Crippen molar-refractivity contribution >= 4 is 23.6 Å². The number of hydrogen-bond donors (Lipinski definition) is 1. The molecule has 1 aliphatic heterocycles. The van der Waals surface area contributed by atoms with E-state index in [9.17, 15) is 14.0 Å². The molecule has 11 heteroatoms. The maximum Gasteiger partial charge on any atom is 0.410 e. The van der Waals surface area contributed by atoms with Crippen molar-refractivity contribution in [3.05, 3.63) is 40.8 Å². The molecule has 1 N–H and O–H groups in total. The van der Waals surface area contributed by atoms with Gasteiger partial charge in [-0.1, -0.05) is 11.6 Å². The van der Waals surface area contributed by atoms with Crippen molar-refractivity contribution in [2.24, 2.45) is 11.8 Å². The van der Waals surface area contributed by atoms with Gasteiger partial charge in [-0.25, -0.2) is 9.18 Å². The maximum absolute atomic E-state index is 13.6. The van der Waals surface area contributed by atoms with Crippen molar-refractivity contribution < 1.29 is 27.9 Å². The highest BCUT2D eigenvalue weighted by Crippen LogP contribution is 2.53. The van der Waals surface area contributed by atoms with Crippen LogP contribution >= 0.6 is 11.6 Å². The van der Waals surface area contributed by atoms with E-state index >= 15 is 0 Å². The van der Waals surface area contributed by atoms with Crippen LogP contribution in [0.1, 0.15) is 70.6 Å². The first-order chi connectivity index (χ1) is 17.5. The normalized spacial score (nSPS) is 28.6. The Morgan fingerprint density at radius 1 is 1.16 bits per heavy atom. The summed E-state index contributed by atoms with van der Waals surface area (Å²) in [6.07, 6.45) is 2.35. The van der Waals surface area contributed by atoms with E-state index in [2.05, 4.69) is 15.5 Å². The molecule has 0 radical (unpaired) electrons. The second-order valence-corrected chi connectivity index (χ2v) is 11.7. The largest absolute Gasteiger partial charge is 0.484 e. The summed E-state index contributed by atoms with van der Waals surface area (Å²) in [6, 6.07) is 3.96. The van der Waals surface area contributed by atoms with Crippen LogP contribution in [0.3, 0.4) is 0 Å². The number of benzene rings is 1. The third-order valence-corrected chi connectivity index (χ3v) is 7.96. The molecule has 4 atom stereocenters. The van der Waals surface area contributed by atoms with Gasteiger partial charge in [0.25, 0.3) is 5.91 Å². The van der Waals surface area contributed by atoms with Crippen molar-refractivity contribution in [3.63, 3.8) is 0 Å². The molecule has 0 spiro atoms. The van der Waals surface area contributed by atoms with Gasteiger partial charge < -0.3 is 24.1 Å². The zero-order valence-electron chi connectivity index (χ0n) is 21.4. The van der Waals surface area contributed by atoms with Crippen LogP contribution in [-0.2, 0) is 9.53 Å². The van der Waals surface area contributed by atoms with Gasteiger partial charge in [-0.15, -0.1) is 10.2 Å². The Morgan fingerprint density at radius 3 is 2.51 bits per heavy atom. The SMILES string of the molecule is C[C@@H]1C(c2nnc([C@H]3C[C@@H](NC(=O)COc4ccc(Cl)c(F)c4)C4CC3C4)o2)CN1C(=O)OC(C)(C)C. The Bertz CT molecular complexity index is 1180. The molecule has 4 aliphatic rings. The van der Waals surface area contributed by atoms with Crippen molar-refractivity contribution in [1.82, 2.24) is 20.4 Å². The fourth-order valence-electron chi connectivity index (χ4n) is 5.47. The molecule has 6 rings (SSSR count). The van der Waals surface area contributed by atoms with E-state index in [0.29, 0.717) is 36.6 Å². The zero-order chi connectivity index (χ0) is 26.5. The average Bonchev–Trinajstić information content (AvgIpc) is 3.26. The Labute approximate surface area is 220 Å². The van der Waals surface area contributed by atoms with Crippen molar-refractivity contribution in [2.45, 2.75) is 76.5 Å². The van der Waals surface area contributed by atoms with E-state index in [1.54, 1.807) is 4.90 Å². The minimum absolute atomic E-state index is 0.000835. The van der Waals surface area contributed by atoms with Crippen LogP contribution < -0.4 is 10.1 Å². The fraction of sp³-hybridized carbons (Fsp3) is 0.615. The second kappa shape index (κ2) is 9.78. The van der Waals surface area contributed by atoms with E-state index in [-0.39, 0.29) is 53.3 Å². The number of aromatic nitrogens is 2. The molecule has 1 saturated heterocycles. The number of carbonyl (C=O) groups is 2. The standard InChI is InChI=1S/C26H32ClFN4O5/c1-13-18(11-32(13)25(34)37-26(2,3)4)24-31-30-23(36-24)17-10-21(15-7-14(17)8-15)29-22(33)12-35-16-5-6-19(27)20(28)9-16/h5-6,9,13-15,17-18,21H,7-8,10-12H2,1-4H3,(H,29,33)/t13-,14?,15?,17+,18?,21-/m1/s1. The number of carbonyl (C=O) groups excluding carboxylic acids is 2. The van der Waals surface area contributed by atoms with Crippen LogP contribution in [-0.4, -0.2) is 57.9 Å². The lowest BCUT2D eigenvalue weighted by Gasteiger charge is -2.50. The molecule has 2 bridgehead atoms. The van der Waals surface area contributed by atoms with E-state index in [1.165, 1.54) is 12.1 Å². The lowest BCUT2D eigenvalue weighted by Crippen LogP contribution is -2.56. The Kier molecular flexibility index (Phi) is 6.81. The molecule has 3 aliphatic carbocycles. The molecule has 2 heterocycles. The number of likely N-dealkylation sites (tertiary alicyclic amines) is 1. The van der Waals surface area contributed by atoms with Crippen molar-refractivity contribution in [3.8, 4) is 5.75 Å². The van der Waals surface area contributed by atoms with Gasteiger partial charge in [0, 0.05) is 30.6 Å². The number of rotatable bonds is 6. The van der Waals surface area contributed by atoms with Crippen LogP contribution in [0, 0.1) is 17.7 Å². The van der Waals surface area contributed by atoms with Gasteiger partial charge in [0.1, 0.15) is 17.2 Å². The molecule has 4 fully saturated rings. The van der Waals surface area contributed by atoms with Crippen molar-refractivity contribution in [2.75, 3.05) is 13.2 Å². The molecule has 37 heavy (non-hydrogen) atoms. The molecule has 1 aromatic carbocycles. The van der Waals surface area contributed by atoms with Gasteiger partial charge in [-0.05, 0) is 70.9 Å². The molecule has 9 nitrogen and oxygen atoms in total. The van der Waals surface area contributed by atoms with Crippen LogP contribution in [0.2, 0.25) is 5.02 Å². The summed E-state index contributed by atoms with van der Waals surface area (Å²) >= 11 is 5.69. The highest BCUT2D eigenvalue weighted by Gasteiger charge is 2.50. The molecule has 1 aromatic heterocycles. The summed E-state index contributed by atoms with van der Waals surface area (Å²) in [5.41, 5.74) is -0.549. The van der Waals surface area contributed by atoms with Gasteiger partial charge in [0.2, 0.25) is 11.8 Å². The lowest BCUT2D eigenvalue weighted by molar-refractivity contribution is -0.125. The predicted octanol–water partition coefficient (Wildman–Crippen LogP) is 4.66. The summed E-state index contributed by atoms with van der Waals surface area (Å²) in [5.74, 6) is 1.42. The molecule has 2 aromatic rings. The molecule has 2 amide bonds. The Hall–Kier alpha value is -2.88. The number of hydrogen-bond acceptors (Lipinski definition) is 7. The highest BCUT2D eigenvalue weighted by atomic mass is 35.5. The topological polar surface area (TPSA) is 107 Å². The van der Waals surface area contributed by atoms with Crippen LogP contribution in [0.5, 0.6) is 5.75 Å². The van der Waals surface area contributed by atoms with Gasteiger partial charge >= 0.3 is 6.09 Å². The first-order valence-corrected chi connectivity index (χ1v) is 13.1. The van der Waals surface area contributed by atoms with E-state index in [1.807, 2.05) is 27.7 Å². The van der Waals surface area contributed by atoms with Crippen LogP contribution in [0.15, 0.2) is 22.6 Å². The minimum atomic E-state index is -0.594. The van der Waals surface area contributed by atoms with Gasteiger partial charge in [0.05, 0.1) is 10.9 Å². The molecule has 3 saturated carbocycles. The maximum atomic E-state index is 13.6. The molecular formula is C26H32ClFN4O5. The monoisotopic (exact) mass is 534 g/mol. The first-order valence-electron chi connectivity index (χ1n) is 12.7. The van der Waals surface area contributed by atoms with Crippen LogP contribution in [0.4, 0.5) is 9.18 Å². The summed E-state index contributed by atoms with van der Waals surface area (Å²) < 4.78 is 30.6. The second-order valence-electron chi connectivity index (χ2n) is 11.3. The minimum Gasteiger partial charge on any atom is -0.484 e. The fourth-order valence-corrected chi connectivity index (χ4v) is 5.59. The van der Waals surface area contributed by atoms with Gasteiger partial charge in [-0.3, -0.25) is 4.79 Å². The number of amides is 2. The smallest absolute Gasteiger partial charge is 0.410 e. The summed E-state index contributed by atoms with van der Waals surface area (Å²) in [4.78, 5) is 26.6. The lowest BCUT2D eigenvalue weighted by atomic mass is 9.57. The summed E-state index contributed by atoms with van der Waals surface area (Å²) in [6.45, 7) is 7.74. The predicted molar refractivity (Wildman–Crippen MR) is 132 cm³/mol. The Balaban J connectivity index is 1.15. The van der Waals surface area contributed by atoms with Gasteiger partial charge in [0.15, 0.2) is 6.61 Å². The van der Waals surface area contributed by atoms with E-state index in [4.69, 9.17) is 25.5 Å². The number of halogens is 2. The van der Waals surface area contributed by atoms with Gasteiger partial charge in [-0.2, -0.15) is 0 Å². The van der Waals surface area contributed by atoms with E-state index in [0.717, 1.165) is 18.9 Å². The number of nitrogens with one attached hydrogen (secondary N) is 1. The van der Waals surface area contributed by atoms with Crippen LogP contribution in [0.25, 0.3) is 0 Å².